The Morgan fingerprint density at radius 3 is 2.68 bits per heavy atom. The molecule has 0 saturated carbocycles. The van der Waals surface area contributed by atoms with E-state index in [1.165, 1.54) is 16.2 Å². The molecule has 41 heavy (non-hydrogen) atoms. The minimum absolute atomic E-state index is 0.0361. The zero-order chi connectivity index (χ0) is 28.7. The molecule has 1 aromatic heterocycles. The van der Waals surface area contributed by atoms with Gasteiger partial charge in [0.25, 0.3) is 5.78 Å². The molecule has 1 saturated heterocycles. The molecule has 1 N–H and O–H groups in total. The minimum atomic E-state index is -0.853. The molecule has 2 atom stereocenters. The summed E-state index contributed by atoms with van der Waals surface area (Å²) in [5.41, 5.74) is 3.98. The molecule has 8 heteroatoms. The summed E-state index contributed by atoms with van der Waals surface area (Å²) < 4.78 is 12.6. The second kappa shape index (κ2) is 11.0. The van der Waals surface area contributed by atoms with Crippen LogP contribution in [0.2, 0.25) is 0 Å². The maximum atomic E-state index is 13.6. The van der Waals surface area contributed by atoms with Gasteiger partial charge < -0.3 is 14.6 Å². The fraction of sp³-hybridized carbons (Fsp3) is 0.303. The van der Waals surface area contributed by atoms with Crippen LogP contribution in [0.5, 0.6) is 11.5 Å². The van der Waals surface area contributed by atoms with Crippen molar-refractivity contribution < 1.29 is 24.2 Å². The van der Waals surface area contributed by atoms with Crippen molar-refractivity contribution in [2.24, 2.45) is 0 Å². The Balaban J connectivity index is 1.44. The van der Waals surface area contributed by atoms with Crippen LogP contribution in [0, 0.1) is 6.92 Å². The van der Waals surface area contributed by atoms with Crippen molar-refractivity contribution >= 4 is 44.1 Å². The van der Waals surface area contributed by atoms with Gasteiger partial charge in [0.15, 0.2) is 5.13 Å². The Bertz CT molecular complexity index is 1670. The van der Waals surface area contributed by atoms with E-state index in [0.717, 1.165) is 46.4 Å². The molecule has 3 heterocycles. The maximum Gasteiger partial charge on any atom is 0.301 e. The van der Waals surface area contributed by atoms with E-state index in [0.29, 0.717) is 35.0 Å². The number of ether oxygens (including phenoxy) is 2. The van der Waals surface area contributed by atoms with Crippen LogP contribution in [0.25, 0.3) is 16.0 Å². The van der Waals surface area contributed by atoms with E-state index in [1.807, 2.05) is 62.4 Å². The van der Waals surface area contributed by atoms with Gasteiger partial charge in [0.2, 0.25) is 0 Å². The molecule has 4 aromatic rings. The third-order valence-corrected chi connectivity index (χ3v) is 8.58. The van der Waals surface area contributed by atoms with Gasteiger partial charge in [0, 0.05) is 12.0 Å². The number of hydrogen-bond acceptors (Lipinski definition) is 7. The van der Waals surface area contributed by atoms with Crippen molar-refractivity contribution in [3.05, 3.63) is 88.5 Å². The van der Waals surface area contributed by atoms with Crippen LogP contribution in [-0.2, 0) is 16.0 Å². The summed E-state index contributed by atoms with van der Waals surface area (Å²) >= 11 is 1.35. The first kappa shape index (κ1) is 27.0. The number of aliphatic hydroxyl groups excluding tert-OH is 1. The number of amides is 1. The maximum absolute atomic E-state index is 13.6. The lowest BCUT2D eigenvalue weighted by Gasteiger charge is -2.23. The SMILES string of the molecule is CCCCCOc1ccc([C@H]2/C(=C(\O)c3ccc4c(c3)C[C@H](C)O4)C(=O)C(=O)N2c2nc3ccc(C)cc3s2)cc1. The summed E-state index contributed by atoms with van der Waals surface area (Å²) in [6.07, 6.45) is 3.93. The van der Waals surface area contributed by atoms with Crippen molar-refractivity contribution in [1.82, 2.24) is 4.98 Å². The quantitative estimate of drug-likeness (QED) is 0.105. The Morgan fingerprint density at radius 2 is 1.90 bits per heavy atom. The number of rotatable bonds is 8. The number of carbonyl (C=O) groups is 2. The van der Waals surface area contributed by atoms with E-state index in [-0.39, 0.29) is 17.4 Å². The number of carbonyl (C=O) groups excluding carboxylic acids is 2. The smallest absolute Gasteiger partial charge is 0.301 e. The van der Waals surface area contributed by atoms with Gasteiger partial charge in [0.1, 0.15) is 23.4 Å². The monoisotopic (exact) mass is 568 g/mol. The number of aromatic nitrogens is 1. The molecule has 1 amide bonds. The highest BCUT2D eigenvalue weighted by molar-refractivity contribution is 7.22. The van der Waals surface area contributed by atoms with Crippen molar-refractivity contribution in [2.75, 3.05) is 11.5 Å². The number of nitrogens with zero attached hydrogens (tertiary/aromatic N) is 2. The zero-order valence-corrected chi connectivity index (χ0v) is 24.2. The van der Waals surface area contributed by atoms with Gasteiger partial charge in [-0.15, -0.1) is 0 Å². The van der Waals surface area contributed by atoms with E-state index in [9.17, 15) is 14.7 Å². The number of ketones is 1. The van der Waals surface area contributed by atoms with Crippen LogP contribution in [0.1, 0.15) is 61.4 Å². The molecule has 0 aliphatic carbocycles. The van der Waals surface area contributed by atoms with E-state index >= 15 is 0 Å². The van der Waals surface area contributed by atoms with Gasteiger partial charge in [-0.05, 0) is 79.4 Å². The molecule has 0 radical (unpaired) electrons. The first-order valence-corrected chi connectivity index (χ1v) is 14.9. The third-order valence-electron chi connectivity index (χ3n) is 7.57. The van der Waals surface area contributed by atoms with Gasteiger partial charge in [-0.25, -0.2) is 4.98 Å². The largest absolute Gasteiger partial charge is 0.507 e. The van der Waals surface area contributed by atoms with Gasteiger partial charge >= 0.3 is 5.91 Å². The molecule has 6 rings (SSSR count). The standard InChI is InChI=1S/C33H32N2O5S/c1-4-5-6-15-39-24-11-8-21(9-12-24)29-28(30(36)22-10-14-26-23(18-22)17-20(3)40-26)31(37)32(38)35(29)33-34-25-13-7-19(2)16-27(25)41-33/h7-14,16,18,20,29,36H,4-6,15,17H2,1-3H3/b30-28+/t20-,29-/m0/s1. The number of aryl methyl sites for hydroxylation is 1. The van der Waals surface area contributed by atoms with Crippen LogP contribution in [0.4, 0.5) is 5.13 Å². The minimum Gasteiger partial charge on any atom is -0.507 e. The number of anilines is 1. The number of benzene rings is 3. The van der Waals surface area contributed by atoms with Gasteiger partial charge in [-0.3, -0.25) is 14.5 Å². The highest BCUT2D eigenvalue weighted by Crippen LogP contribution is 2.45. The fourth-order valence-electron chi connectivity index (χ4n) is 5.48. The van der Waals surface area contributed by atoms with E-state index < -0.39 is 17.7 Å². The molecule has 3 aromatic carbocycles. The lowest BCUT2D eigenvalue weighted by Crippen LogP contribution is -2.29. The number of unbranched alkanes of at least 4 members (excludes halogenated alkanes) is 2. The second-order valence-electron chi connectivity index (χ2n) is 10.7. The second-order valence-corrected chi connectivity index (χ2v) is 11.7. The average molecular weight is 569 g/mol. The van der Waals surface area contributed by atoms with Crippen LogP contribution in [0.3, 0.4) is 0 Å². The first-order chi connectivity index (χ1) is 19.8. The lowest BCUT2D eigenvalue weighted by atomic mass is 9.94. The molecule has 7 nitrogen and oxygen atoms in total. The molecular formula is C33H32N2O5S. The molecule has 210 valence electrons. The molecule has 0 unspecified atom stereocenters. The highest BCUT2D eigenvalue weighted by atomic mass is 32.1. The van der Waals surface area contributed by atoms with Crippen molar-refractivity contribution in [2.45, 2.75) is 58.6 Å². The number of fused-ring (bicyclic) bond motifs is 2. The van der Waals surface area contributed by atoms with Crippen molar-refractivity contribution in [3.8, 4) is 11.5 Å². The summed E-state index contributed by atoms with van der Waals surface area (Å²) in [4.78, 5) is 33.4. The Hall–Kier alpha value is -4.17. The van der Waals surface area contributed by atoms with Crippen molar-refractivity contribution in [3.63, 3.8) is 0 Å². The Labute approximate surface area is 243 Å². The van der Waals surface area contributed by atoms with Crippen molar-refractivity contribution in [1.29, 1.82) is 0 Å². The van der Waals surface area contributed by atoms with Crippen LogP contribution >= 0.6 is 11.3 Å². The number of aliphatic hydroxyl groups is 1. The predicted octanol–water partition coefficient (Wildman–Crippen LogP) is 7.12. The molecule has 1 fully saturated rings. The summed E-state index contributed by atoms with van der Waals surface area (Å²) in [7, 11) is 0. The average Bonchev–Trinajstić information content (AvgIpc) is 3.63. The predicted molar refractivity (Wildman–Crippen MR) is 161 cm³/mol. The Kier molecular flexibility index (Phi) is 7.26. The summed E-state index contributed by atoms with van der Waals surface area (Å²) in [6, 6.07) is 17.8. The fourth-order valence-corrected chi connectivity index (χ4v) is 6.57. The molecule has 2 aliphatic rings. The normalized spacial score (nSPS) is 19.5. The molecule has 0 bridgehead atoms. The molecule has 0 spiro atoms. The van der Waals surface area contributed by atoms with Crippen LogP contribution in [-0.4, -0.2) is 34.5 Å². The van der Waals surface area contributed by atoms with Gasteiger partial charge in [0.05, 0.1) is 28.4 Å². The highest BCUT2D eigenvalue weighted by Gasteiger charge is 2.48. The van der Waals surface area contributed by atoms with E-state index in [4.69, 9.17) is 14.5 Å². The first-order valence-electron chi connectivity index (χ1n) is 14.0. The summed E-state index contributed by atoms with van der Waals surface area (Å²) in [5, 5.41) is 12.0. The van der Waals surface area contributed by atoms with Gasteiger partial charge in [-0.1, -0.05) is 49.3 Å². The Morgan fingerprint density at radius 1 is 1.10 bits per heavy atom. The molecule has 2 aliphatic heterocycles. The zero-order valence-electron chi connectivity index (χ0n) is 23.3. The third kappa shape index (κ3) is 5.08. The number of Topliss-reactive ketones (excluding diaryl/α,β-unsaturated/α-hetero) is 1. The van der Waals surface area contributed by atoms with Crippen LogP contribution in [0.15, 0.2) is 66.2 Å². The number of thiazole rings is 1. The molecular weight excluding hydrogens is 536 g/mol. The van der Waals surface area contributed by atoms with E-state index in [2.05, 4.69) is 6.92 Å². The lowest BCUT2D eigenvalue weighted by molar-refractivity contribution is -0.132. The summed E-state index contributed by atoms with van der Waals surface area (Å²) in [5.74, 6) is -0.191. The van der Waals surface area contributed by atoms with Crippen LogP contribution < -0.4 is 14.4 Å². The summed E-state index contributed by atoms with van der Waals surface area (Å²) in [6.45, 7) is 6.76. The van der Waals surface area contributed by atoms with E-state index in [1.54, 1.807) is 12.1 Å². The number of hydrogen-bond donors (Lipinski definition) is 1. The topological polar surface area (TPSA) is 89.0 Å². The van der Waals surface area contributed by atoms with Gasteiger partial charge in [-0.2, -0.15) is 0 Å².